The van der Waals surface area contributed by atoms with Crippen molar-refractivity contribution in [2.75, 3.05) is 6.26 Å². The molecule has 4 heteroatoms. The smallest absolute Gasteiger partial charge is 0.144 e. The van der Waals surface area contributed by atoms with Gasteiger partial charge in [-0.25, -0.2) is 4.98 Å². The third-order valence-electron chi connectivity index (χ3n) is 4.10. The van der Waals surface area contributed by atoms with Crippen LogP contribution in [0.25, 0.3) is 17.1 Å². The minimum atomic E-state index is 0.459. The summed E-state index contributed by atoms with van der Waals surface area (Å²) in [7, 11) is 0. The topological polar surface area (TPSA) is 17.8 Å². The highest BCUT2D eigenvalue weighted by Crippen LogP contribution is 2.31. The molecule has 0 aliphatic carbocycles. The van der Waals surface area contributed by atoms with Crippen molar-refractivity contribution < 1.29 is 0 Å². The molecule has 124 valence electrons. The number of nitrogens with zero attached hydrogens (tertiary/aromatic N) is 2. The largest absolute Gasteiger partial charge is 0.298 e. The van der Waals surface area contributed by atoms with Crippen LogP contribution in [0, 0.1) is 0 Å². The molecule has 3 aromatic rings. The van der Waals surface area contributed by atoms with Crippen LogP contribution in [-0.2, 0) is 5.75 Å². The highest BCUT2D eigenvalue weighted by molar-refractivity contribution is 7.97. The van der Waals surface area contributed by atoms with Crippen LogP contribution in [0.4, 0.5) is 0 Å². The van der Waals surface area contributed by atoms with E-state index in [1.54, 1.807) is 0 Å². The Balaban J connectivity index is 2.09. The Hall–Kier alpha value is -1.71. The fraction of sp³-hybridized carbons (Fsp3) is 0.250. The maximum atomic E-state index is 6.57. The third kappa shape index (κ3) is 3.38. The molecule has 0 spiro atoms. The molecular formula is C20H21ClN2S. The van der Waals surface area contributed by atoms with Crippen LogP contribution >= 0.6 is 23.4 Å². The molecule has 3 rings (SSSR count). The molecule has 0 aliphatic rings. The number of rotatable bonds is 5. The van der Waals surface area contributed by atoms with Crippen molar-refractivity contribution in [1.29, 1.82) is 0 Å². The zero-order chi connectivity index (χ0) is 17.1. The monoisotopic (exact) mass is 356 g/mol. The van der Waals surface area contributed by atoms with Gasteiger partial charge in [-0.2, -0.15) is 11.8 Å². The number of halogens is 1. The molecule has 1 heterocycles. The van der Waals surface area contributed by atoms with E-state index in [0.29, 0.717) is 5.92 Å². The predicted octanol–water partition coefficient (Wildman–Crippen LogP) is 6.18. The van der Waals surface area contributed by atoms with Gasteiger partial charge in [0, 0.05) is 23.7 Å². The third-order valence-corrected chi connectivity index (χ3v) is 5.00. The number of aromatic nitrogens is 2. The number of imidazole rings is 1. The average Bonchev–Trinajstić information content (AvgIpc) is 3.04. The number of thioether (sulfide) groups is 1. The van der Waals surface area contributed by atoms with Crippen LogP contribution in [0.3, 0.4) is 0 Å². The first-order valence-electron chi connectivity index (χ1n) is 8.02. The standard InChI is InChI=1S/C20H21ClN2S/c1-14(2)15-8-9-19(18(21)12-15)23-11-10-22-20(23)17-7-5-4-6-16(17)13-24-3/h4-12,14H,13H2,1-3H3. The molecule has 0 aliphatic heterocycles. The van der Waals surface area contributed by atoms with Gasteiger partial charge in [-0.1, -0.05) is 55.8 Å². The Kier molecular flexibility index (Phi) is 5.32. The normalized spacial score (nSPS) is 11.2. The van der Waals surface area contributed by atoms with Crippen molar-refractivity contribution in [3.63, 3.8) is 0 Å². The molecule has 0 fully saturated rings. The fourth-order valence-corrected chi connectivity index (χ4v) is 3.64. The van der Waals surface area contributed by atoms with Gasteiger partial charge in [0.15, 0.2) is 0 Å². The summed E-state index contributed by atoms with van der Waals surface area (Å²) in [4.78, 5) is 4.60. The summed E-state index contributed by atoms with van der Waals surface area (Å²) in [6.45, 7) is 4.35. The first kappa shape index (κ1) is 17.1. The van der Waals surface area contributed by atoms with E-state index in [1.165, 1.54) is 11.1 Å². The summed E-state index contributed by atoms with van der Waals surface area (Å²) in [5.74, 6) is 2.35. The second-order valence-corrected chi connectivity index (χ2v) is 7.35. The average molecular weight is 357 g/mol. The van der Waals surface area contributed by atoms with Crippen molar-refractivity contribution in [2.45, 2.75) is 25.5 Å². The summed E-state index contributed by atoms with van der Waals surface area (Å²) < 4.78 is 2.08. The van der Waals surface area contributed by atoms with Crippen molar-refractivity contribution in [3.05, 3.63) is 71.0 Å². The van der Waals surface area contributed by atoms with Crippen LogP contribution < -0.4 is 0 Å². The van der Waals surface area contributed by atoms with Gasteiger partial charge in [0.05, 0.1) is 10.7 Å². The molecule has 0 radical (unpaired) electrons. The van der Waals surface area contributed by atoms with Crippen LogP contribution in [0.5, 0.6) is 0 Å². The Morgan fingerprint density at radius 1 is 1.17 bits per heavy atom. The molecule has 0 atom stereocenters. The Bertz CT molecular complexity index is 839. The fourth-order valence-electron chi connectivity index (χ4n) is 2.79. The quantitative estimate of drug-likeness (QED) is 0.543. The lowest BCUT2D eigenvalue weighted by molar-refractivity contribution is 0.865. The van der Waals surface area contributed by atoms with Gasteiger partial charge < -0.3 is 0 Å². The molecule has 2 aromatic carbocycles. The van der Waals surface area contributed by atoms with Gasteiger partial charge in [-0.15, -0.1) is 0 Å². The molecule has 0 saturated carbocycles. The maximum Gasteiger partial charge on any atom is 0.144 e. The maximum absolute atomic E-state index is 6.57. The Morgan fingerprint density at radius 2 is 1.96 bits per heavy atom. The molecule has 24 heavy (non-hydrogen) atoms. The number of benzene rings is 2. The first-order chi connectivity index (χ1) is 11.6. The highest BCUT2D eigenvalue weighted by atomic mass is 35.5. The van der Waals surface area contributed by atoms with Gasteiger partial charge in [0.25, 0.3) is 0 Å². The lowest BCUT2D eigenvalue weighted by Gasteiger charge is -2.14. The SMILES string of the molecule is CSCc1ccccc1-c1nccn1-c1ccc(C(C)C)cc1Cl. The van der Waals surface area contributed by atoms with E-state index in [2.05, 4.69) is 72.1 Å². The Morgan fingerprint density at radius 3 is 2.67 bits per heavy atom. The van der Waals surface area contributed by atoms with E-state index in [0.717, 1.165) is 27.9 Å². The molecule has 2 nitrogen and oxygen atoms in total. The van der Waals surface area contributed by atoms with Crippen LogP contribution in [0.1, 0.15) is 30.9 Å². The summed E-state index contributed by atoms with van der Waals surface area (Å²) in [6.07, 6.45) is 5.92. The van der Waals surface area contributed by atoms with Crippen molar-refractivity contribution in [1.82, 2.24) is 9.55 Å². The van der Waals surface area contributed by atoms with Crippen molar-refractivity contribution in [2.24, 2.45) is 0 Å². The van der Waals surface area contributed by atoms with Crippen molar-refractivity contribution in [3.8, 4) is 17.1 Å². The van der Waals surface area contributed by atoms with E-state index in [-0.39, 0.29) is 0 Å². The number of hydrogen-bond donors (Lipinski definition) is 0. The molecule has 0 N–H and O–H groups in total. The van der Waals surface area contributed by atoms with Gasteiger partial charge >= 0.3 is 0 Å². The van der Waals surface area contributed by atoms with Crippen LogP contribution in [-0.4, -0.2) is 15.8 Å². The molecule has 0 saturated heterocycles. The second kappa shape index (κ2) is 7.45. The minimum Gasteiger partial charge on any atom is -0.298 e. The van der Waals surface area contributed by atoms with Gasteiger partial charge in [-0.3, -0.25) is 4.57 Å². The van der Waals surface area contributed by atoms with Crippen molar-refractivity contribution >= 4 is 23.4 Å². The summed E-state index contributed by atoms with van der Waals surface area (Å²) in [5, 5.41) is 0.753. The van der Waals surface area contributed by atoms with E-state index < -0.39 is 0 Å². The van der Waals surface area contributed by atoms with Crippen LogP contribution in [0.15, 0.2) is 54.9 Å². The zero-order valence-electron chi connectivity index (χ0n) is 14.2. The van der Waals surface area contributed by atoms with E-state index in [1.807, 2.05) is 24.2 Å². The summed E-state index contributed by atoms with van der Waals surface area (Å²) in [5.41, 5.74) is 4.65. The summed E-state index contributed by atoms with van der Waals surface area (Å²) >= 11 is 8.39. The van der Waals surface area contributed by atoms with Gasteiger partial charge in [0.2, 0.25) is 0 Å². The first-order valence-corrected chi connectivity index (χ1v) is 9.79. The van der Waals surface area contributed by atoms with Gasteiger partial charge in [0.1, 0.15) is 5.82 Å². The van der Waals surface area contributed by atoms with E-state index in [9.17, 15) is 0 Å². The molecule has 0 amide bonds. The second-order valence-electron chi connectivity index (χ2n) is 6.08. The lowest BCUT2D eigenvalue weighted by atomic mass is 10.0. The molecule has 0 unspecified atom stereocenters. The minimum absolute atomic E-state index is 0.459. The van der Waals surface area contributed by atoms with Crippen LogP contribution in [0.2, 0.25) is 5.02 Å². The molecular weight excluding hydrogens is 336 g/mol. The predicted molar refractivity (Wildman–Crippen MR) is 105 cm³/mol. The summed E-state index contributed by atoms with van der Waals surface area (Å²) in [6, 6.07) is 14.7. The van der Waals surface area contributed by atoms with E-state index >= 15 is 0 Å². The Labute approximate surface area is 152 Å². The molecule has 1 aromatic heterocycles. The lowest BCUT2D eigenvalue weighted by Crippen LogP contribution is -2.00. The van der Waals surface area contributed by atoms with E-state index in [4.69, 9.17) is 11.6 Å². The molecule has 0 bridgehead atoms. The zero-order valence-corrected chi connectivity index (χ0v) is 15.7. The van der Waals surface area contributed by atoms with Gasteiger partial charge in [-0.05, 0) is 35.4 Å². The highest BCUT2D eigenvalue weighted by Gasteiger charge is 2.14. The number of hydrogen-bond acceptors (Lipinski definition) is 2.